The first-order valence-electron chi connectivity index (χ1n) is 4.92. The summed E-state index contributed by atoms with van der Waals surface area (Å²) in [7, 11) is 1.62. The van der Waals surface area contributed by atoms with Crippen LogP contribution in [0.4, 0.5) is 0 Å². The Labute approximate surface area is 99.0 Å². The molecule has 4 heteroatoms. The normalized spacial score (nSPS) is 10.4. The molecule has 0 aliphatic heterocycles. The first-order valence-corrected chi connectivity index (χ1v) is 5.45. The molecule has 0 fully saturated rings. The summed E-state index contributed by atoms with van der Waals surface area (Å²) in [6, 6.07) is 7.59. The van der Waals surface area contributed by atoms with Gasteiger partial charge in [0.1, 0.15) is 11.5 Å². The Morgan fingerprint density at radius 2 is 2.12 bits per heavy atom. The Bertz CT molecular complexity index is 494. The van der Waals surface area contributed by atoms with Gasteiger partial charge in [-0.2, -0.15) is 0 Å². The van der Waals surface area contributed by atoms with Gasteiger partial charge in [0.2, 0.25) is 5.89 Å². The minimum absolute atomic E-state index is 0.352. The van der Waals surface area contributed by atoms with Crippen LogP contribution in [0, 0.1) is 6.92 Å². The van der Waals surface area contributed by atoms with Crippen molar-refractivity contribution in [2.75, 3.05) is 7.11 Å². The Morgan fingerprint density at radius 1 is 1.38 bits per heavy atom. The first-order chi connectivity index (χ1) is 7.76. The largest absolute Gasteiger partial charge is 0.496 e. The van der Waals surface area contributed by atoms with Crippen molar-refractivity contribution in [3.05, 3.63) is 35.7 Å². The number of hydrogen-bond donors (Lipinski definition) is 0. The molecule has 16 heavy (non-hydrogen) atoms. The molecule has 0 amide bonds. The number of methoxy groups -OCH3 is 1. The molecule has 0 aliphatic rings. The van der Waals surface area contributed by atoms with E-state index in [-0.39, 0.29) is 0 Å². The quantitative estimate of drug-likeness (QED) is 0.768. The summed E-state index contributed by atoms with van der Waals surface area (Å²) in [4.78, 5) is 4.33. The molecule has 0 unspecified atom stereocenters. The van der Waals surface area contributed by atoms with Crippen molar-refractivity contribution in [3.63, 3.8) is 0 Å². The molecule has 2 aromatic rings. The van der Waals surface area contributed by atoms with Gasteiger partial charge in [0.05, 0.1) is 24.2 Å². The Balaban J connectivity index is 2.49. The second-order valence-electron chi connectivity index (χ2n) is 3.36. The standard InChI is InChI=1S/C12H12ClNO2/c1-8-10(7-13)14-12(16-8)9-5-3-4-6-11(9)15-2/h3-6H,7H2,1-2H3. The molecule has 0 saturated carbocycles. The summed E-state index contributed by atoms with van der Waals surface area (Å²) < 4.78 is 10.8. The van der Waals surface area contributed by atoms with Crippen LogP contribution in [-0.2, 0) is 5.88 Å². The topological polar surface area (TPSA) is 35.3 Å². The smallest absolute Gasteiger partial charge is 0.230 e. The number of benzene rings is 1. The van der Waals surface area contributed by atoms with Crippen molar-refractivity contribution in [1.29, 1.82) is 0 Å². The van der Waals surface area contributed by atoms with Crippen molar-refractivity contribution < 1.29 is 9.15 Å². The molecule has 84 valence electrons. The fourth-order valence-electron chi connectivity index (χ4n) is 1.49. The number of hydrogen-bond acceptors (Lipinski definition) is 3. The molecule has 1 aromatic carbocycles. The minimum Gasteiger partial charge on any atom is -0.496 e. The van der Waals surface area contributed by atoms with Gasteiger partial charge in [0.25, 0.3) is 0 Å². The lowest BCUT2D eigenvalue weighted by Crippen LogP contribution is -1.87. The fraction of sp³-hybridized carbons (Fsp3) is 0.250. The third kappa shape index (κ3) is 1.91. The molecule has 1 heterocycles. The second kappa shape index (κ2) is 4.58. The van der Waals surface area contributed by atoms with Gasteiger partial charge in [-0.25, -0.2) is 4.98 Å². The van der Waals surface area contributed by atoms with Crippen LogP contribution in [0.15, 0.2) is 28.7 Å². The van der Waals surface area contributed by atoms with E-state index in [0.29, 0.717) is 11.8 Å². The highest BCUT2D eigenvalue weighted by molar-refractivity contribution is 6.17. The highest BCUT2D eigenvalue weighted by Gasteiger charge is 2.13. The molecule has 0 atom stereocenters. The molecule has 0 bridgehead atoms. The number of aryl methyl sites for hydroxylation is 1. The molecule has 0 saturated heterocycles. The molecule has 0 spiro atoms. The van der Waals surface area contributed by atoms with Crippen LogP contribution in [-0.4, -0.2) is 12.1 Å². The Morgan fingerprint density at radius 3 is 2.75 bits per heavy atom. The highest BCUT2D eigenvalue weighted by atomic mass is 35.5. The monoisotopic (exact) mass is 237 g/mol. The molecule has 0 N–H and O–H groups in total. The fourth-order valence-corrected chi connectivity index (χ4v) is 1.74. The van der Waals surface area contributed by atoms with Gasteiger partial charge in [-0.3, -0.25) is 0 Å². The third-order valence-corrected chi connectivity index (χ3v) is 2.61. The summed E-state index contributed by atoms with van der Waals surface area (Å²) in [6.07, 6.45) is 0. The summed E-state index contributed by atoms with van der Waals surface area (Å²) in [5.74, 6) is 2.39. The Kier molecular flexibility index (Phi) is 3.15. The van der Waals surface area contributed by atoms with Gasteiger partial charge < -0.3 is 9.15 Å². The van der Waals surface area contributed by atoms with E-state index in [0.717, 1.165) is 22.8 Å². The minimum atomic E-state index is 0.352. The number of rotatable bonds is 3. The highest BCUT2D eigenvalue weighted by Crippen LogP contribution is 2.30. The maximum atomic E-state index is 5.75. The summed E-state index contributed by atoms with van der Waals surface area (Å²) in [6.45, 7) is 1.85. The molecule has 3 nitrogen and oxygen atoms in total. The molecular formula is C12H12ClNO2. The number of halogens is 1. The number of para-hydroxylation sites is 1. The van der Waals surface area contributed by atoms with Crippen LogP contribution in [0.2, 0.25) is 0 Å². The van der Waals surface area contributed by atoms with E-state index in [1.807, 2.05) is 31.2 Å². The van der Waals surface area contributed by atoms with Crippen molar-refractivity contribution in [3.8, 4) is 17.2 Å². The van der Waals surface area contributed by atoms with E-state index >= 15 is 0 Å². The lowest BCUT2D eigenvalue weighted by molar-refractivity contribution is 0.414. The maximum absolute atomic E-state index is 5.75. The van der Waals surface area contributed by atoms with Gasteiger partial charge >= 0.3 is 0 Å². The first kappa shape index (κ1) is 11.0. The zero-order chi connectivity index (χ0) is 11.5. The van der Waals surface area contributed by atoms with Crippen molar-refractivity contribution >= 4 is 11.6 Å². The number of oxazole rings is 1. The van der Waals surface area contributed by atoms with E-state index in [1.54, 1.807) is 7.11 Å². The number of alkyl halides is 1. The van der Waals surface area contributed by atoms with Crippen LogP contribution in [0.3, 0.4) is 0 Å². The average molecular weight is 238 g/mol. The predicted molar refractivity (Wildman–Crippen MR) is 62.8 cm³/mol. The molecule has 0 aliphatic carbocycles. The van der Waals surface area contributed by atoms with E-state index in [9.17, 15) is 0 Å². The van der Waals surface area contributed by atoms with Crippen LogP contribution >= 0.6 is 11.6 Å². The molecule has 0 radical (unpaired) electrons. The summed E-state index contributed by atoms with van der Waals surface area (Å²) in [5, 5.41) is 0. The van der Waals surface area contributed by atoms with Crippen molar-refractivity contribution in [2.24, 2.45) is 0 Å². The van der Waals surface area contributed by atoms with E-state index in [4.69, 9.17) is 20.8 Å². The second-order valence-corrected chi connectivity index (χ2v) is 3.62. The number of ether oxygens (including phenoxy) is 1. The van der Waals surface area contributed by atoms with Crippen molar-refractivity contribution in [1.82, 2.24) is 4.98 Å². The van der Waals surface area contributed by atoms with Crippen LogP contribution < -0.4 is 4.74 Å². The number of aromatic nitrogens is 1. The van der Waals surface area contributed by atoms with Crippen molar-refractivity contribution in [2.45, 2.75) is 12.8 Å². The lowest BCUT2D eigenvalue weighted by Gasteiger charge is -2.03. The van der Waals surface area contributed by atoms with E-state index < -0.39 is 0 Å². The van der Waals surface area contributed by atoms with Gasteiger partial charge in [-0.05, 0) is 19.1 Å². The van der Waals surface area contributed by atoms with Crippen LogP contribution in [0.5, 0.6) is 5.75 Å². The molecule has 2 rings (SSSR count). The van der Waals surface area contributed by atoms with Gasteiger partial charge in [-0.15, -0.1) is 11.6 Å². The molecule has 1 aromatic heterocycles. The zero-order valence-electron chi connectivity index (χ0n) is 9.16. The van der Waals surface area contributed by atoms with E-state index in [2.05, 4.69) is 4.98 Å². The number of nitrogens with zero attached hydrogens (tertiary/aromatic N) is 1. The Hall–Kier alpha value is -1.48. The van der Waals surface area contributed by atoms with E-state index in [1.165, 1.54) is 0 Å². The predicted octanol–water partition coefficient (Wildman–Crippen LogP) is 3.40. The van der Waals surface area contributed by atoms with Gasteiger partial charge in [0, 0.05) is 0 Å². The molecular weight excluding hydrogens is 226 g/mol. The zero-order valence-corrected chi connectivity index (χ0v) is 9.91. The summed E-state index contributed by atoms with van der Waals surface area (Å²) >= 11 is 5.75. The van der Waals surface area contributed by atoms with Crippen LogP contribution in [0.1, 0.15) is 11.5 Å². The average Bonchev–Trinajstić information content (AvgIpc) is 2.70. The third-order valence-electron chi connectivity index (χ3n) is 2.36. The van der Waals surface area contributed by atoms with Gasteiger partial charge in [0.15, 0.2) is 0 Å². The van der Waals surface area contributed by atoms with Crippen LogP contribution in [0.25, 0.3) is 11.5 Å². The maximum Gasteiger partial charge on any atom is 0.230 e. The van der Waals surface area contributed by atoms with Gasteiger partial charge in [-0.1, -0.05) is 12.1 Å². The summed E-state index contributed by atoms with van der Waals surface area (Å²) in [5.41, 5.74) is 1.60. The lowest BCUT2D eigenvalue weighted by atomic mass is 10.2. The SMILES string of the molecule is COc1ccccc1-c1nc(CCl)c(C)o1.